The standard InChI is InChI=1S/C41H33BN2O2/c1-24(2)28-16-11-17-29(25(3)4)39(28)42-32-21-20-26-12-10-19-37-38(26)40(32)44(41(45)46-37)36-22-31-30-15-8-9-18-34(30)43(35(31)23-33(36)42)27-13-6-5-7-14-27/h5-25H,1-4H3. The summed E-state index contributed by atoms with van der Waals surface area (Å²) in [7, 11) is 0. The molecule has 0 saturated carbocycles. The summed E-state index contributed by atoms with van der Waals surface area (Å²) in [5.41, 5.74) is 11.5. The van der Waals surface area contributed by atoms with Crippen LogP contribution in [0.5, 0.6) is 5.75 Å². The fraction of sp³-hybridized carbons (Fsp3) is 0.146. The summed E-state index contributed by atoms with van der Waals surface area (Å²) in [5.74, 6) is 1.28. The van der Waals surface area contributed by atoms with Crippen LogP contribution in [0.25, 0.3) is 38.3 Å². The molecule has 222 valence electrons. The molecule has 7 aromatic rings. The van der Waals surface area contributed by atoms with Gasteiger partial charge in [-0.1, -0.05) is 112 Å². The molecule has 0 aliphatic carbocycles. The van der Waals surface area contributed by atoms with E-state index in [-0.39, 0.29) is 12.8 Å². The summed E-state index contributed by atoms with van der Waals surface area (Å²) in [5, 5.41) is 4.33. The zero-order valence-corrected chi connectivity index (χ0v) is 26.4. The van der Waals surface area contributed by atoms with Crippen LogP contribution in [0.4, 0.5) is 16.2 Å². The molecule has 46 heavy (non-hydrogen) atoms. The number of nitrogens with zero attached hydrogens (tertiary/aromatic N) is 2. The van der Waals surface area contributed by atoms with Gasteiger partial charge >= 0.3 is 6.09 Å². The van der Waals surface area contributed by atoms with Gasteiger partial charge in [-0.15, -0.1) is 0 Å². The van der Waals surface area contributed by atoms with E-state index in [1.54, 1.807) is 0 Å². The Kier molecular flexibility index (Phi) is 5.80. The Hall–Kier alpha value is -5.29. The molecule has 2 aliphatic heterocycles. The number of rotatable bonds is 4. The van der Waals surface area contributed by atoms with Gasteiger partial charge < -0.3 is 9.30 Å². The summed E-state index contributed by atoms with van der Waals surface area (Å²) in [6, 6.07) is 41.0. The molecule has 0 radical (unpaired) electrons. The number of para-hydroxylation sites is 2. The molecule has 4 nitrogen and oxygen atoms in total. The second-order valence-corrected chi connectivity index (χ2v) is 13.3. The van der Waals surface area contributed by atoms with E-state index in [4.69, 9.17) is 4.74 Å². The van der Waals surface area contributed by atoms with Crippen LogP contribution in [-0.4, -0.2) is 17.4 Å². The summed E-state index contributed by atoms with van der Waals surface area (Å²) >= 11 is 0. The summed E-state index contributed by atoms with van der Waals surface area (Å²) in [4.78, 5) is 15.9. The van der Waals surface area contributed by atoms with Gasteiger partial charge in [0.05, 0.1) is 16.7 Å². The second kappa shape index (κ2) is 9.86. The molecule has 5 heteroatoms. The first-order valence-corrected chi connectivity index (χ1v) is 16.2. The van der Waals surface area contributed by atoms with Crippen molar-refractivity contribution in [3.8, 4) is 11.4 Å². The van der Waals surface area contributed by atoms with Crippen LogP contribution in [0.3, 0.4) is 0 Å². The lowest BCUT2D eigenvalue weighted by Gasteiger charge is -2.39. The van der Waals surface area contributed by atoms with Crippen molar-refractivity contribution in [3.63, 3.8) is 0 Å². The summed E-state index contributed by atoms with van der Waals surface area (Å²) in [6.07, 6.45) is -0.362. The quantitative estimate of drug-likeness (QED) is 0.191. The second-order valence-electron chi connectivity index (χ2n) is 13.3. The minimum absolute atomic E-state index is 0.0766. The van der Waals surface area contributed by atoms with E-state index < -0.39 is 0 Å². The average molecular weight is 597 g/mol. The molecule has 9 rings (SSSR count). The third kappa shape index (κ3) is 3.66. The van der Waals surface area contributed by atoms with Crippen molar-refractivity contribution in [3.05, 3.63) is 126 Å². The van der Waals surface area contributed by atoms with Crippen LogP contribution in [0.2, 0.25) is 0 Å². The topological polar surface area (TPSA) is 34.5 Å². The molecule has 0 atom stereocenters. The highest BCUT2D eigenvalue weighted by molar-refractivity contribution is 6.99. The van der Waals surface area contributed by atoms with Crippen molar-refractivity contribution in [2.45, 2.75) is 39.5 Å². The predicted octanol–water partition coefficient (Wildman–Crippen LogP) is 8.66. The Bertz CT molecular complexity index is 2360. The van der Waals surface area contributed by atoms with Gasteiger partial charge in [-0.2, -0.15) is 0 Å². The van der Waals surface area contributed by atoms with Gasteiger partial charge in [-0.3, -0.25) is 0 Å². The molecule has 1 amide bonds. The Morgan fingerprint density at radius 3 is 2.13 bits per heavy atom. The smallest absolute Gasteiger partial charge is 0.409 e. The van der Waals surface area contributed by atoms with Gasteiger partial charge in [-0.25, -0.2) is 9.69 Å². The van der Waals surface area contributed by atoms with E-state index >= 15 is 0 Å². The van der Waals surface area contributed by atoms with Crippen molar-refractivity contribution < 1.29 is 9.53 Å². The van der Waals surface area contributed by atoms with Gasteiger partial charge in [0, 0.05) is 27.5 Å². The monoisotopic (exact) mass is 596 g/mol. The van der Waals surface area contributed by atoms with E-state index in [1.807, 2.05) is 17.0 Å². The molecule has 0 spiro atoms. The number of carbonyl (C=O) groups is 1. The molecule has 2 aliphatic rings. The highest BCUT2D eigenvalue weighted by Crippen LogP contribution is 2.45. The van der Waals surface area contributed by atoms with Crippen LogP contribution >= 0.6 is 0 Å². The number of ether oxygens (including phenoxy) is 1. The van der Waals surface area contributed by atoms with Crippen LogP contribution in [0.1, 0.15) is 50.7 Å². The van der Waals surface area contributed by atoms with Gasteiger partial charge in [0.15, 0.2) is 0 Å². The van der Waals surface area contributed by atoms with E-state index in [9.17, 15) is 4.79 Å². The highest BCUT2D eigenvalue weighted by atomic mass is 16.6. The number of carbonyl (C=O) groups excluding carboxylic acids is 1. The summed E-state index contributed by atoms with van der Waals surface area (Å²) in [6.45, 7) is 9.07. The van der Waals surface area contributed by atoms with Crippen LogP contribution in [-0.2, 0) is 0 Å². The van der Waals surface area contributed by atoms with Crippen LogP contribution < -0.4 is 26.0 Å². The van der Waals surface area contributed by atoms with Crippen molar-refractivity contribution in [1.82, 2.24) is 4.57 Å². The lowest BCUT2D eigenvalue weighted by Crippen LogP contribution is -2.61. The lowest BCUT2D eigenvalue weighted by molar-refractivity contribution is 0.210. The van der Waals surface area contributed by atoms with Crippen molar-refractivity contribution in [2.24, 2.45) is 0 Å². The van der Waals surface area contributed by atoms with Crippen LogP contribution in [0.15, 0.2) is 115 Å². The maximum Gasteiger partial charge on any atom is 0.424 e. The third-order valence-corrected chi connectivity index (χ3v) is 10.0. The van der Waals surface area contributed by atoms with Crippen LogP contribution in [0, 0.1) is 0 Å². The number of fused-ring (bicyclic) bond motifs is 5. The van der Waals surface area contributed by atoms with Gasteiger partial charge in [0.25, 0.3) is 0 Å². The maximum atomic E-state index is 14.1. The third-order valence-electron chi connectivity index (χ3n) is 10.0. The van der Waals surface area contributed by atoms with Gasteiger partial charge in [-0.05, 0) is 75.7 Å². The Labute approximate surface area is 268 Å². The van der Waals surface area contributed by atoms with Gasteiger partial charge in [0.1, 0.15) is 5.75 Å². The van der Waals surface area contributed by atoms with Crippen molar-refractivity contribution in [1.29, 1.82) is 0 Å². The van der Waals surface area contributed by atoms with E-state index in [2.05, 4.69) is 135 Å². The number of aromatic nitrogens is 1. The van der Waals surface area contributed by atoms with E-state index in [1.165, 1.54) is 16.6 Å². The molecule has 3 heterocycles. The van der Waals surface area contributed by atoms with Gasteiger partial charge in [0.2, 0.25) is 6.71 Å². The summed E-state index contributed by atoms with van der Waals surface area (Å²) < 4.78 is 8.44. The zero-order valence-electron chi connectivity index (χ0n) is 26.4. The number of hydrogen-bond acceptors (Lipinski definition) is 2. The first-order valence-electron chi connectivity index (χ1n) is 16.2. The molecular weight excluding hydrogens is 563 g/mol. The minimum Gasteiger partial charge on any atom is -0.409 e. The first-order chi connectivity index (χ1) is 22.4. The first kappa shape index (κ1) is 27.1. The molecule has 0 N–H and O–H groups in total. The molecular formula is C41H33BN2O2. The molecule has 0 saturated heterocycles. The fourth-order valence-corrected chi connectivity index (χ4v) is 8.07. The SMILES string of the molecule is CC(C)c1cccc(C(C)C)c1B1c2cc3c(cc2N2C(=O)Oc4cccc5ccc1c2c45)c1ccccc1n3-c1ccccc1. The highest BCUT2D eigenvalue weighted by Gasteiger charge is 2.44. The maximum absolute atomic E-state index is 14.1. The normalized spacial score (nSPS) is 13.7. The molecule has 0 unspecified atom stereocenters. The molecule has 6 aromatic carbocycles. The number of hydrogen-bond donors (Lipinski definition) is 0. The lowest BCUT2D eigenvalue weighted by atomic mass is 9.33. The predicted molar refractivity (Wildman–Crippen MR) is 192 cm³/mol. The Balaban J connectivity index is 1.48. The van der Waals surface area contributed by atoms with Crippen molar-refractivity contribution >= 4 is 73.1 Å². The zero-order chi connectivity index (χ0) is 31.3. The minimum atomic E-state index is -0.362. The van der Waals surface area contributed by atoms with E-state index in [0.717, 1.165) is 60.6 Å². The Morgan fingerprint density at radius 1 is 0.652 bits per heavy atom. The number of amides is 1. The Morgan fingerprint density at radius 2 is 1.37 bits per heavy atom. The fourth-order valence-electron chi connectivity index (χ4n) is 8.07. The van der Waals surface area contributed by atoms with Crippen molar-refractivity contribution in [2.75, 3.05) is 4.90 Å². The number of benzene rings is 6. The molecule has 1 aromatic heterocycles. The average Bonchev–Trinajstić information content (AvgIpc) is 3.39. The molecule has 0 fully saturated rings. The number of anilines is 2. The molecule has 0 bridgehead atoms. The largest absolute Gasteiger partial charge is 0.424 e. The van der Waals surface area contributed by atoms with E-state index in [0.29, 0.717) is 17.6 Å².